The Kier molecular flexibility index (Phi) is 6.60. The van der Waals surface area contributed by atoms with Gasteiger partial charge in [-0.15, -0.1) is 0 Å². The normalized spacial score (nSPS) is 15.1. The summed E-state index contributed by atoms with van der Waals surface area (Å²) in [5.74, 6) is 1.75. The number of rotatable bonds is 6. The number of aromatic nitrogens is 2. The van der Waals surface area contributed by atoms with E-state index >= 15 is 0 Å². The average Bonchev–Trinajstić information content (AvgIpc) is 3.47. The van der Waals surface area contributed by atoms with Gasteiger partial charge in [-0.3, -0.25) is 4.79 Å². The highest BCUT2D eigenvalue weighted by Crippen LogP contribution is 2.42. The Morgan fingerprint density at radius 2 is 2.03 bits per heavy atom. The molecule has 3 aromatic carbocycles. The van der Waals surface area contributed by atoms with Gasteiger partial charge < -0.3 is 19.7 Å². The zero-order valence-electron chi connectivity index (χ0n) is 21.7. The molecule has 0 bridgehead atoms. The molecule has 2 aliphatic rings. The number of fused-ring (bicyclic) bond motifs is 2. The van der Waals surface area contributed by atoms with Gasteiger partial charge in [0.2, 0.25) is 11.9 Å². The maximum atomic E-state index is 13.8. The van der Waals surface area contributed by atoms with Crippen LogP contribution in [-0.2, 0) is 11.2 Å². The highest BCUT2D eigenvalue weighted by molar-refractivity contribution is 5.95. The Balaban J connectivity index is 1.30. The molecule has 0 aliphatic carbocycles. The number of methoxy groups -OCH3 is 1. The van der Waals surface area contributed by atoms with Gasteiger partial charge >= 0.3 is 0 Å². The molecule has 39 heavy (non-hydrogen) atoms. The average molecular weight is 525 g/mol. The van der Waals surface area contributed by atoms with E-state index in [1.54, 1.807) is 12.3 Å². The topological polar surface area (TPSA) is 76.6 Å². The summed E-state index contributed by atoms with van der Waals surface area (Å²) in [4.78, 5) is 23.2. The number of carbonyl (C=O) groups excluding carboxylic acids is 1. The largest absolute Gasteiger partial charge is 0.496 e. The fraction of sp³-hybridized carbons (Fsp3) is 0.258. The van der Waals surface area contributed by atoms with Crippen LogP contribution in [0.2, 0.25) is 0 Å². The Morgan fingerprint density at radius 1 is 1.18 bits per heavy atom. The van der Waals surface area contributed by atoms with Crippen molar-refractivity contribution in [3.63, 3.8) is 0 Å². The molecule has 3 heterocycles. The molecule has 1 amide bonds. The van der Waals surface area contributed by atoms with E-state index in [1.165, 1.54) is 36.4 Å². The van der Waals surface area contributed by atoms with Gasteiger partial charge in [0, 0.05) is 53.9 Å². The molecule has 2 aliphatic heterocycles. The first-order valence-electron chi connectivity index (χ1n) is 13.1. The Morgan fingerprint density at radius 3 is 2.82 bits per heavy atom. The number of piperidine rings is 1. The van der Waals surface area contributed by atoms with Gasteiger partial charge in [0.25, 0.3) is 0 Å². The number of hydrogen-bond acceptors (Lipinski definition) is 6. The lowest BCUT2D eigenvalue weighted by molar-refractivity contribution is -0.127. The maximum Gasteiger partial charge on any atom is 0.245 e. The summed E-state index contributed by atoms with van der Waals surface area (Å²) in [6.07, 6.45) is 5.85. The number of carbonyl (C=O) groups is 1. The second kappa shape index (κ2) is 10.4. The van der Waals surface area contributed by atoms with Gasteiger partial charge in [0.15, 0.2) is 0 Å². The second-order valence-electron chi connectivity index (χ2n) is 9.82. The third kappa shape index (κ3) is 4.67. The molecule has 198 valence electrons. The Hall–Kier alpha value is -4.46. The number of nitrogens with zero attached hydrogens (tertiary/aromatic N) is 3. The van der Waals surface area contributed by atoms with Crippen molar-refractivity contribution in [2.24, 2.45) is 0 Å². The number of ether oxygens (including phenoxy) is 2. The Labute approximate surface area is 226 Å². The van der Waals surface area contributed by atoms with Crippen LogP contribution in [0, 0.1) is 5.82 Å². The molecule has 0 saturated carbocycles. The quantitative estimate of drug-likeness (QED) is 0.311. The van der Waals surface area contributed by atoms with E-state index in [9.17, 15) is 9.18 Å². The van der Waals surface area contributed by atoms with Crippen LogP contribution < -0.4 is 14.8 Å². The van der Waals surface area contributed by atoms with Crippen LogP contribution in [0.1, 0.15) is 29.9 Å². The van der Waals surface area contributed by atoms with Gasteiger partial charge in [0.1, 0.15) is 17.3 Å². The van der Waals surface area contributed by atoms with E-state index in [0.29, 0.717) is 24.2 Å². The van der Waals surface area contributed by atoms with Crippen molar-refractivity contribution in [3.8, 4) is 22.6 Å². The van der Waals surface area contributed by atoms with Crippen molar-refractivity contribution in [1.82, 2.24) is 14.9 Å². The highest BCUT2D eigenvalue weighted by Gasteiger charge is 2.28. The molecule has 1 fully saturated rings. The number of halogens is 1. The molecule has 0 spiro atoms. The van der Waals surface area contributed by atoms with Gasteiger partial charge in [-0.25, -0.2) is 14.4 Å². The lowest BCUT2D eigenvalue weighted by Gasteiger charge is -2.32. The fourth-order valence-corrected chi connectivity index (χ4v) is 5.68. The van der Waals surface area contributed by atoms with Crippen LogP contribution in [0.4, 0.5) is 16.0 Å². The van der Waals surface area contributed by atoms with Crippen molar-refractivity contribution < 1.29 is 18.7 Å². The van der Waals surface area contributed by atoms with Crippen molar-refractivity contribution in [2.45, 2.75) is 25.2 Å². The molecule has 1 saturated heterocycles. The highest BCUT2D eigenvalue weighted by atomic mass is 19.1. The van der Waals surface area contributed by atoms with Crippen molar-refractivity contribution >= 4 is 28.4 Å². The van der Waals surface area contributed by atoms with Crippen LogP contribution in [0.5, 0.6) is 11.5 Å². The summed E-state index contributed by atoms with van der Waals surface area (Å²) >= 11 is 0. The number of benzene rings is 3. The molecule has 0 radical (unpaired) electrons. The van der Waals surface area contributed by atoms with E-state index < -0.39 is 0 Å². The molecule has 1 N–H and O–H groups in total. The predicted octanol–water partition coefficient (Wildman–Crippen LogP) is 6.02. The van der Waals surface area contributed by atoms with E-state index in [1.807, 2.05) is 29.2 Å². The predicted molar refractivity (Wildman–Crippen MR) is 149 cm³/mol. The van der Waals surface area contributed by atoms with Gasteiger partial charge in [-0.2, -0.15) is 0 Å². The summed E-state index contributed by atoms with van der Waals surface area (Å²) in [5.41, 5.74) is 5.64. The number of anilines is 2. The first kappa shape index (κ1) is 24.9. The number of likely N-dealkylation sites (tertiary alicyclic amines) is 1. The van der Waals surface area contributed by atoms with Crippen molar-refractivity contribution in [2.75, 3.05) is 32.1 Å². The summed E-state index contributed by atoms with van der Waals surface area (Å²) in [6, 6.07) is 14.5. The third-order valence-corrected chi connectivity index (χ3v) is 7.63. The van der Waals surface area contributed by atoms with E-state index in [0.717, 1.165) is 65.8 Å². The minimum absolute atomic E-state index is 0.00188. The van der Waals surface area contributed by atoms with E-state index in [2.05, 4.69) is 22.9 Å². The number of amides is 1. The van der Waals surface area contributed by atoms with E-state index in [4.69, 9.17) is 14.5 Å². The molecule has 6 rings (SSSR count). The van der Waals surface area contributed by atoms with E-state index in [-0.39, 0.29) is 11.7 Å². The van der Waals surface area contributed by atoms with Crippen molar-refractivity contribution in [3.05, 3.63) is 84.3 Å². The standard InChI is InChI=1S/C31H29FN4O3/c1-3-28(37)36-14-11-19(12-15-36)22-9-10-26(30-25(22)13-16-39-30)34-31-33-18-20-5-4-6-24(29(20)35-31)23-8-7-21(32)17-27(23)38-2/h3-10,17-19H,1,11-16H2,2H3,(H,33,34,35). The summed E-state index contributed by atoms with van der Waals surface area (Å²) in [7, 11) is 1.53. The lowest BCUT2D eigenvalue weighted by Crippen LogP contribution is -2.36. The van der Waals surface area contributed by atoms with Crippen LogP contribution in [-0.4, -0.2) is 47.6 Å². The second-order valence-corrected chi connectivity index (χ2v) is 9.82. The molecule has 0 unspecified atom stereocenters. The zero-order chi connectivity index (χ0) is 26.9. The van der Waals surface area contributed by atoms with Crippen LogP contribution in [0.3, 0.4) is 0 Å². The zero-order valence-corrected chi connectivity index (χ0v) is 21.7. The van der Waals surface area contributed by atoms with Crippen LogP contribution in [0.15, 0.2) is 67.4 Å². The van der Waals surface area contributed by atoms with Crippen molar-refractivity contribution in [1.29, 1.82) is 0 Å². The summed E-state index contributed by atoms with van der Waals surface area (Å²) in [6.45, 7) is 5.70. The molecule has 0 atom stereocenters. The Bertz CT molecular complexity index is 1580. The van der Waals surface area contributed by atoms with Crippen LogP contribution in [0.25, 0.3) is 22.0 Å². The summed E-state index contributed by atoms with van der Waals surface area (Å²) in [5, 5.41) is 4.23. The van der Waals surface area contributed by atoms with Gasteiger partial charge in [-0.1, -0.05) is 30.8 Å². The molecule has 8 heteroatoms. The lowest BCUT2D eigenvalue weighted by atomic mass is 9.85. The minimum atomic E-state index is -0.360. The molecular weight excluding hydrogens is 495 g/mol. The molecule has 7 nitrogen and oxygen atoms in total. The smallest absolute Gasteiger partial charge is 0.245 e. The summed E-state index contributed by atoms with van der Waals surface area (Å²) < 4.78 is 25.4. The van der Waals surface area contributed by atoms with Crippen LogP contribution >= 0.6 is 0 Å². The number of para-hydroxylation sites is 1. The first-order valence-corrected chi connectivity index (χ1v) is 13.1. The monoisotopic (exact) mass is 524 g/mol. The molecule has 1 aromatic heterocycles. The number of hydrogen-bond donors (Lipinski definition) is 1. The number of nitrogens with one attached hydrogen (secondary N) is 1. The van der Waals surface area contributed by atoms with Gasteiger partial charge in [0.05, 0.1) is 24.9 Å². The van der Waals surface area contributed by atoms with Gasteiger partial charge in [-0.05, 0) is 48.6 Å². The third-order valence-electron chi connectivity index (χ3n) is 7.63. The maximum absolute atomic E-state index is 13.8. The minimum Gasteiger partial charge on any atom is -0.496 e. The fourth-order valence-electron chi connectivity index (χ4n) is 5.68. The molecular formula is C31H29FN4O3. The SMILES string of the molecule is C=CC(=O)N1CCC(c2ccc(Nc3ncc4cccc(-c5ccc(F)cc5OC)c4n3)c3c2CCO3)CC1. The first-order chi connectivity index (χ1) is 19.1. The molecule has 4 aromatic rings.